The van der Waals surface area contributed by atoms with Crippen molar-refractivity contribution in [3.05, 3.63) is 39.1 Å². The van der Waals surface area contributed by atoms with Gasteiger partial charge in [-0.25, -0.2) is 9.67 Å². The lowest BCUT2D eigenvalue weighted by Gasteiger charge is -2.09. The zero-order valence-corrected chi connectivity index (χ0v) is 14.4. The number of H-pyrrole nitrogens is 1. The lowest BCUT2D eigenvalue weighted by molar-refractivity contribution is 0.475. The number of aromatic hydroxyl groups is 1. The van der Waals surface area contributed by atoms with Crippen molar-refractivity contribution in [3.63, 3.8) is 0 Å². The largest absolute Gasteiger partial charge is 0.506 e. The van der Waals surface area contributed by atoms with Gasteiger partial charge in [0.2, 0.25) is 0 Å². The number of nitrogens with zero attached hydrogens (tertiary/aromatic N) is 3. The van der Waals surface area contributed by atoms with E-state index in [9.17, 15) is 9.90 Å². The third kappa shape index (κ3) is 2.20. The maximum absolute atomic E-state index is 11.8. The van der Waals surface area contributed by atoms with Gasteiger partial charge in [0.25, 0.3) is 0 Å². The van der Waals surface area contributed by atoms with Crippen molar-refractivity contribution < 1.29 is 5.11 Å². The highest BCUT2D eigenvalue weighted by Gasteiger charge is 2.19. The normalized spacial score (nSPS) is 11.8. The van der Waals surface area contributed by atoms with Crippen LogP contribution < -0.4 is 4.87 Å². The summed E-state index contributed by atoms with van der Waals surface area (Å²) < 4.78 is 2.56. The Hall–Kier alpha value is -2.38. The number of benzene rings is 1. The maximum atomic E-state index is 11.8. The fourth-order valence-corrected chi connectivity index (χ4v) is 3.80. The maximum Gasteiger partial charge on any atom is 0.306 e. The van der Waals surface area contributed by atoms with E-state index in [0.717, 1.165) is 32.5 Å². The molecular weight excluding hydrogens is 348 g/mol. The van der Waals surface area contributed by atoms with Crippen LogP contribution in [0.15, 0.2) is 29.2 Å². The molecule has 0 saturated heterocycles. The molecule has 2 N–H and O–H groups in total. The van der Waals surface area contributed by atoms with Crippen molar-refractivity contribution in [2.24, 2.45) is 0 Å². The molecule has 0 aliphatic rings. The Morgan fingerprint density at radius 1 is 1.38 bits per heavy atom. The monoisotopic (exact) mass is 360 g/mol. The minimum atomic E-state index is -0.166. The number of phenols is 1. The van der Waals surface area contributed by atoms with Crippen LogP contribution in [-0.4, -0.2) is 24.9 Å². The Balaban J connectivity index is 2.17. The quantitative estimate of drug-likeness (QED) is 0.567. The molecular formula is C16H13ClN4O2S. The van der Waals surface area contributed by atoms with E-state index in [4.69, 9.17) is 11.6 Å². The van der Waals surface area contributed by atoms with E-state index in [-0.39, 0.29) is 21.7 Å². The molecule has 0 unspecified atom stereocenters. The first-order valence-corrected chi connectivity index (χ1v) is 8.54. The van der Waals surface area contributed by atoms with Crippen LogP contribution in [0.5, 0.6) is 5.75 Å². The predicted molar refractivity (Wildman–Crippen MR) is 96.0 cm³/mol. The van der Waals surface area contributed by atoms with Crippen molar-refractivity contribution in [1.29, 1.82) is 0 Å². The number of hydrogen-bond acceptors (Lipinski definition) is 5. The second-order valence-corrected chi connectivity index (χ2v) is 7.16. The van der Waals surface area contributed by atoms with Crippen molar-refractivity contribution in [2.45, 2.75) is 19.9 Å². The summed E-state index contributed by atoms with van der Waals surface area (Å²) in [4.78, 5) is 19.0. The number of fused-ring (bicyclic) bond motifs is 2. The molecule has 0 bridgehead atoms. The number of pyridine rings is 1. The molecule has 0 radical (unpaired) electrons. The molecule has 24 heavy (non-hydrogen) atoms. The number of aromatic amines is 1. The molecule has 0 fully saturated rings. The highest BCUT2D eigenvalue weighted by molar-refractivity contribution is 7.17. The Morgan fingerprint density at radius 2 is 2.17 bits per heavy atom. The summed E-state index contributed by atoms with van der Waals surface area (Å²) in [5, 5.41) is 15.2. The lowest BCUT2D eigenvalue weighted by atomic mass is 10.0. The van der Waals surface area contributed by atoms with Gasteiger partial charge in [0, 0.05) is 17.0 Å². The second kappa shape index (κ2) is 5.32. The van der Waals surface area contributed by atoms with E-state index in [1.165, 1.54) is 6.07 Å². The smallest absolute Gasteiger partial charge is 0.306 e. The molecule has 0 aliphatic carbocycles. The van der Waals surface area contributed by atoms with Crippen LogP contribution in [-0.2, 0) is 0 Å². The minimum absolute atomic E-state index is 0.0158. The summed E-state index contributed by atoms with van der Waals surface area (Å²) in [6, 6.07) is 5.13. The SMILES string of the molecule is CC(C)n1ncc2c(-c3ccc(O)c(Cl)c3)c3sc(=O)[nH]c3nc21. The van der Waals surface area contributed by atoms with Crippen LogP contribution >= 0.6 is 22.9 Å². The fraction of sp³-hybridized carbons (Fsp3) is 0.188. The van der Waals surface area contributed by atoms with Gasteiger partial charge in [-0.1, -0.05) is 29.0 Å². The van der Waals surface area contributed by atoms with Crippen molar-refractivity contribution in [3.8, 4) is 16.9 Å². The predicted octanol–water partition coefficient (Wildman–Crippen LogP) is 3.94. The zero-order chi connectivity index (χ0) is 17.0. The number of nitrogens with one attached hydrogen (secondary N) is 1. The molecule has 3 aromatic heterocycles. The highest BCUT2D eigenvalue weighted by atomic mass is 35.5. The Kier molecular flexibility index (Phi) is 3.36. The van der Waals surface area contributed by atoms with Crippen LogP contribution in [0.4, 0.5) is 0 Å². The molecule has 0 aliphatic heterocycles. The second-order valence-electron chi connectivity index (χ2n) is 5.77. The molecule has 0 saturated carbocycles. The summed E-state index contributed by atoms with van der Waals surface area (Å²) in [5.74, 6) is 0.0158. The highest BCUT2D eigenvalue weighted by Crippen LogP contribution is 2.38. The summed E-state index contributed by atoms with van der Waals surface area (Å²) in [6.07, 6.45) is 1.75. The van der Waals surface area contributed by atoms with Crippen LogP contribution in [0.1, 0.15) is 19.9 Å². The number of phenolic OH excluding ortho intramolecular Hbond substituents is 1. The number of rotatable bonds is 2. The number of hydrogen-bond donors (Lipinski definition) is 2. The van der Waals surface area contributed by atoms with Gasteiger partial charge < -0.3 is 5.11 Å². The van der Waals surface area contributed by atoms with Crippen molar-refractivity contribution in [2.75, 3.05) is 0 Å². The van der Waals surface area contributed by atoms with Gasteiger partial charge in [-0.2, -0.15) is 5.10 Å². The van der Waals surface area contributed by atoms with E-state index >= 15 is 0 Å². The van der Waals surface area contributed by atoms with Gasteiger partial charge in [-0.05, 0) is 31.5 Å². The van der Waals surface area contributed by atoms with E-state index in [2.05, 4.69) is 15.1 Å². The van der Waals surface area contributed by atoms with Crippen LogP contribution in [0.3, 0.4) is 0 Å². The summed E-state index contributed by atoms with van der Waals surface area (Å²) >= 11 is 7.17. The van der Waals surface area contributed by atoms with E-state index in [1.807, 2.05) is 18.5 Å². The van der Waals surface area contributed by atoms with Crippen molar-refractivity contribution in [1.82, 2.24) is 19.7 Å². The molecule has 4 rings (SSSR count). The number of thiazole rings is 1. The average molecular weight is 361 g/mol. The zero-order valence-electron chi connectivity index (χ0n) is 12.9. The van der Waals surface area contributed by atoms with Crippen LogP contribution in [0.25, 0.3) is 32.5 Å². The first-order valence-electron chi connectivity index (χ1n) is 7.34. The van der Waals surface area contributed by atoms with E-state index in [1.54, 1.807) is 18.3 Å². The molecule has 0 atom stereocenters. The standard InChI is InChI=1S/C16H13ClN4O2S/c1-7(2)21-15-9(6-18-21)12(8-3-4-11(22)10(17)5-8)13-14(19-15)20-16(23)24-13/h3-7,22H,1-2H3,(H,19,20,23). The third-order valence-corrected chi connectivity index (χ3v) is 5.03. The van der Waals surface area contributed by atoms with Crippen molar-refractivity contribution >= 4 is 44.3 Å². The molecule has 0 spiro atoms. The summed E-state index contributed by atoms with van der Waals surface area (Å²) in [7, 11) is 0. The molecule has 4 aromatic rings. The molecule has 8 heteroatoms. The Labute approximate surface area is 145 Å². The minimum Gasteiger partial charge on any atom is -0.506 e. The van der Waals surface area contributed by atoms with E-state index < -0.39 is 0 Å². The first kappa shape index (κ1) is 15.2. The van der Waals surface area contributed by atoms with Gasteiger partial charge in [0.1, 0.15) is 5.75 Å². The summed E-state index contributed by atoms with van der Waals surface area (Å²) in [6.45, 7) is 4.04. The summed E-state index contributed by atoms with van der Waals surface area (Å²) in [5.41, 5.74) is 2.87. The Bertz CT molecular complexity index is 1140. The van der Waals surface area contributed by atoms with Crippen LogP contribution in [0, 0.1) is 0 Å². The Morgan fingerprint density at radius 3 is 2.88 bits per heavy atom. The lowest BCUT2D eigenvalue weighted by Crippen LogP contribution is -2.03. The topological polar surface area (TPSA) is 83.8 Å². The van der Waals surface area contributed by atoms with Gasteiger partial charge in [-0.3, -0.25) is 9.78 Å². The molecule has 1 aromatic carbocycles. The number of halogens is 1. The van der Waals surface area contributed by atoms with Crippen LogP contribution in [0.2, 0.25) is 5.02 Å². The molecule has 6 nitrogen and oxygen atoms in total. The van der Waals surface area contributed by atoms with E-state index in [0.29, 0.717) is 11.3 Å². The average Bonchev–Trinajstić information content (AvgIpc) is 3.10. The molecule has 0 amide bonds. The molecule has 122 valence electrons. The van der Waals surface area contributed by atoms with Gasteiger partial charge in [-0.15, -0.1) is 0 Å². The van der Waals surface area contributed by atoms with Gasteiger partial charge in [0.05, 0.1) is 15.9 Å². The third-order valence-electron chi connectivity index (χ3n) is 3.84. The van der Waals surface area contributed by atoms with Gasteiger partial charge >= 0.3 is 4.87 Å². The fourth-order valence-electron chi connectivity index (χ4n) is 2.77. The molecule has 3 heterocycles. The van der Waals surface area contributed by atoms with Gasteiger partial charge in [0.15, 0.2) is 11.3 Å². The number of aromatic nitrogens is 4. The first-order chi connectivity index (χ1) is 11.5.